The Morgan fingerprint density at radius 3 is 2.73 bits per heavy atom. The van der Waals surface area contributed by atoms with E-state index < -0.39 is 0 Å². The highest BCUT2D eigenvalue weighted by Crippen LogP contribution is 2.21. The molecule has 0 bridgehead atoms. The Balaban J connectivity index is 1.93. The fourth-order valence-electron chi connectivity index (χ4n) is 1.19. The summed E-state index contributed by atoms with van der Waals surface area (Å²) in [5.41, 5.74) is 5.46. The number of nitrogens with two attached hydrogens (primary N) is 1. The second-order valence-corrected chi connectivity index (χ2v) is 4.02. The Labute approximate surface area is 92.7 Å². The fraction of sp³-hybridized carbons (Fsp3) is 0.182. The molecule has 0 aliphatic heterocycles. The van der Waals surface area contributed by atoms with Crippen molar-refractivity contribution in [2.75, 3.05) is 0 Å². The van der Waals surface area contributed by atoms with Crippen molar-refractivity contribution >= 4 is 11.8 Å². The highest BCUT2D eigenvalue weighted by Gasteiger charge is 2.01. The monoisotopic (exact) mass is 220 g/mol. The topological polar surface area (TPSA) is 52.0 Å². The lowest BCUT2D eigenvalue weighted by Gasteiger charge is -1.97. The van der Waals surface area contributed by atoms with Crippen molar-refractivity contribution in [2.24, 2.45) is 5.73 Å². The first-order valence-electron chi connectivity index (χ1n) is 4.70. The molecule has 0 amide bonds. The molecule has 2 aromatic rings. The summed E-state index contributed by atoms with van der Waals surface area (Å²) in [5, 5.41) is 1.00. The van der Waals surface area contributed by atoms with E-state index in [4.69, 9.17) is 10.2 Å². The predicted molar refractivity (Wildman–Crippen MR) is 60.4 cm³/mol. The number of furan rings is 1. The molecule has 2 heterocycles. The van der Waals surface area contributed by atoms with Crippen molar-refractivity contribution in [3.63, 3.8) is 0 Å². The third kappa shape index (κ3) is 2.84. The van der Waals surface area contributed by atoms with Crippen LogP contribution in [0.4, 0.5) is 0 Å². The second-order valence-electron chi connectivity index (χ2n) is 3.03. The Bertz CT molecular complexity index is 414. The van der Waals surface area contributed by atoms with Crippen molar-refractivity contribution in [3.8, 4) is 0 Å². The van der Waals surface area contributed by atoms with Gasteiger partial charge in [0.25, 0.3) is 0 Å². The van der Waals surface area contributed by atoms with Gasteiger partial charge in [-0.3, -0.25) is 0 Å². The zero-order valence-electron chi connectivity index (χ0n) is 8.22. The number of aromatic nitrogens is 1. The standard InChI is InChI=1S/C11H12N2OS/c12-7-9-4-5-10(14-9)8-15-11-3-1-2-6-13-11/h1-6H,7-8,12H2. The molecule has 0 saturated heterocycles. The Hall–Kier alpha value is -1.26. The first-order chi connectivity index (χ1) is 7.38. The van der Waals surface area contributed by atoms with E-state index in [1.807, 2.05) is 30.3 Å². The summed E-state index contributed by atoms with van der Waals surface area (Å²) >= 11 is 1.65. The van der Waals surface area contributed by atoms with Gasteiger partial charge in [-0.05, 0) is 24.3 Å². The SMILES string of the molecule is NCc1ccc(CSc2ccccn2)o1. The number of pyridine rings is 1. The van der Waals surface area contributed by atoms with Crippen LogP contribution in [0.2, 0.25) is 0 Å². The summed E-state index contributed by atoms with van der Waals surface area (Å²) in [6.45, 7) is 0.453. The molecule has 0 fully saturated rings. The third-order valence-corrected chi connectivity index (χ3v) is 2.88. The second kappa shape index (κ2) is 5.00. The predicted octanol–water partition coefficient (Wildman–Crippen LogP) is 2.43. The lowest BCUT2D eigenvalue weighted by Crippen LogP contribution is -1.92. The van der Waals surface area contributed by atoms with Gasteiger partial charge in [-0.1, -0.05) is 17.8 Å². The third-order valence-electron chi connectivity index (χ3n) is 1.92. The molecule has 0 aliphatic rings. The molecule has 0 spiro atoms. The van der Waals surface area contributed by atoms with E-state index in [9.17, 15) is 0 Å². The molecule has 0 saturated carbocycles. The maximum Gasteiger partial charge on any atom is 0.117 e. The van der Waals surface area contributed by atoms with Crippen LogP contribution in [0.1, 0.15) is 11.5 Å². The maximum absolute atomic E-state index is 5.48. The molecular weight excluding hydrogens is 208 g/mol. The van der Waals surface area contributed by atoms with Crippen LogP contribution in [0.15, 0.2) is 46.0 Å². The van der Waals surface area contributed by atoms with Crippen LogP contribution in [0, 0.1) is 0 Å². The molecule has 4 heteroatoms. The fourth-order valence-corrected chi connectivity index (χ4v) is 1.94. The Morgan fingerprint density at radius 1 is 1.20 bits per heavy atom. The van der Waals surface area contributed by atoms with Gasteiger partial charge in [-0.15, -0.1) is 0 Å². The zero-order chi connectivity index (χ0) is 10.5. The van der Waals surface area contributed by atoms with Crippen LogP contribution < -0.4 is 5.73 Å². The van der Waals surface area contributed by atoms with Crippen molar-refractivity contribution in [1.82, 2.24) is 4.98 Å². The van der Waals surface area contributed by atoms with Crippen LogP contribution in [0.25, 0.3) is 0 Å². The Morgan fingerprint density at radius 2 is 2.07 bits per heavy atom. The van der Waals surface area contributed by atoms with Gasteiger partial charge < -0.3 is 10.2 Å². The van der Waals surface area contributed by atoms with E-state index >= 15 is 0 Å². The molecule has 2 N–H and O–H groups in total. The van der Waals surface area contributed by atoms with Crippen molar-refractivity contribution < 1.29 is 4.42 Å². The summed E-state index contributed by atoms with van der Waals surface area (Å²) in [7, 11) is 0. The molecule has 15 heavy (non-hydrogen) atoms. The number of thioether (sulfide) groups is 1. The van der Waals surface area contributed by atoms with Gasteiger partial charge in [0, 0.05) is 6.20 Å². The molecule has 0 aliphatic carbocycles. The quantitative estimate of drug-likeness (QED) is 0.804. The van der Waals surface area contributed by atoms with E-state index in [1.165, 1.54) is 0 Å². The zero-order valence-corrected chi connectivity index (χ0v) is 9.04. The molecule has 2 rings (SSSR count). The smallest absolute Gasteiger partial charge is 0.117 e. The normalized spacial score (nSPS) is 10.5. The highest BCUT2D eigenvalue weighted by atomic mass is 32.2. The van der Waals surface area contributed by atoms with Crippen LogP contribution in [-0.2, 0) is 12.3 Å². The molecule has 0 unspecified atom stereocenters. The number of hydrogen-bond donors (Lipinski definition) is 1. The molecule has 78 valence electrons. The van der Waals surface area contributed by atoms with E-state index in [-0.39, 0.29) is 0 Å². The minimum absolute atomic E-state index is 0.453. The molecule has 0 radical (unpaired) electrons. The van der Waals surface area contributed by atoms with Crippen LogP contribution in [0.3, 0.4) is 0 Å². The molecular formula is C11H12N2OS. The minimum Gasteiger partial charge on any atom is -0.464 e. The largest absolute Gasteiger partial charge is 0.464 e. The molecule has 0 aromatic carbocycles. The summed E-state index contributed by atoms with van der Waals surface area (Å²) < 4.78 is 5.48. The van der Waals surface area contributed by atoms with E-state index in [0.29, 0.717) is 6.54 Å². The molecule has 0 atom stereocenters. The average Bonchev–Trinajstić information content (AvgIpc) is 2.76. The van der Waals surface area contributed by atoms with Gasteiger partial charge in [0.15, 0.2) is 0 Å². The molecule has 3 nitrogen and oxygen atoms in total. The lowest BCUT2D eigenvalue weighted by atomic mass is 10.4. The summed E-state index contributed by atoms with van der Waals surface area (Å²) in [6.07, 6.45) is 1.79. The minimum atomic E-state index is 0.453. The van der Waals surface area contributed by atoms with Crippen molar-refractivity contribution in [2.45, 2.75) is 17.3 Å². The van der Waals surface area contributed by atoms with E-state index in [1.54, 1.807) is 18.0 Å². The van der Waals surface area contributed by atoms with E-state index in [2.05, 4.69) is 4.98 Å². The first kappa shape index (κ1) is 10.3. The highest BCUT2D eigenvalue weighted by molar-refractivity contribution is 7.98. The lowest BCUT2D eigenvalue weighted by molar-refractivity contribution is 0.482. The number of hydrogen-bond acceptors (Lipinski definition) is 4. The summed E-state index contributed by atoms with van der Waals surface area (Å²) in [4.78, 5) is 4.22. The summed E-state index contributed by atoms with van der Waals surface area (Å²) in [6, 6.07) is 9.73. The van der Waals surface area contributed by atoms with Gasteiger partial charge in [-0.2, -0.15) is 0 Å². The van der Waals surface area contributed by atoms with Crippen LogP contribution in [0.5, 0.6) is 0 Å². The van der Waals surface area contributed by atoms with Crippen molar-refractivity contribution in [3.05, 3.63) is 48.0 Å². The van der Waals surface area contributed by atoms with Crippen LogP contribution in [-0.4, -0.2) is 4.98 Å². The van der Waals surface area contributed by atoms with Gasteiger partial charge in [0.2, 0.25) is 0 Å². The van der Waals surface area contributed by atoms with Crippen molar-refractivity contribution in [1.29, 1.82) is 0 Å². The molecule has 2 aromatic heterocycles. The first-order valence-corrected chi connectivity index (χ1v) is 5.68. The maximum atomic E-state index is 5.48. The summed E-state index contributed by atoms with van der Waals surface area (Å²) in [5.74, 6) is 2.55. The van der Waals surface area contributed by atoms with E-state index in [0.717, 1.165) is 22.3 Å². The average molecular weight is 220 g/mol. The van der Waals surface area contributed by atoms with Gasteiger partial charge in [0.05, 0.1) is 17.3 Å². The van der Waals surface area contributed by atoms with Gasteiger partial charge in [0.1, 0.15) is 11.5 Å². The van der Waals surface area contributed by atoms with Gasteiger partial charge >= 0.3 is 0 Å². The number of rotatable bonds is 4. The number of nitrogens with zero attached hydrogens (tertiary/aromatic N) is 1. The van der Waals surface area contributed by atoms with Crippen LogP contribution >= 0.6 is 11.8 Å². The Kier molecular flexibility index (Phi) is 3.42. The van der Waals surface area contributed by atoms with Gasteiger partial charge in [-0.25, -0.2) is 4.98 Å².